The summed E-state index contributed by atoms with van der Waals surface area (Å²) < 4.78 is 5.69. The summed E-state index contributed by atoms with van der Waals surface area (Å²) in [6, 6.07) is 26.5. The number of rotatable bonds is 5. The first-order chi connectivity index (χ1) is 14.8. The van der Waals surface area contributed by atoms with Gasteiger partial charge in [-0.25, -0.2) is 0 Å². The van der Waals surface area contributed by atoms with Gasteiger partial charge >= 0.3 is 0 Å². The SMILES string of the molecule is Oc1cccc2c1CCC(Cc1nc(C(c3ccccc3)c3ccccc3)no1)C2. The van der Waals surface area contributed by atoms with E-state index in [1.165, 1.54) is 5.56 Å². The van der Waals surface area contributed by atoms with Crippen molar-refractivity contribution in [3.8, 4) is 5.75 Å². The van der Waals surface area contributed by atoms with Crippen LogP contribution < -0.4 is 0 Å². The lowest BCUT2D eigenvalue weighted by Gasteiger charge is -2.24. The Bertz CT molecular complexity index is 1080. The third-order valence-corrected chi connectivity index (χ3v) is 6.03. The third kappa shape index (κ3) is 3.73. The Morgan fingerprint density at radius 3 is 2.30 bits per heavy atom. The van der Waals surface area contributed by atoms with Crippen molar-refractivity contribution in [1.82, 2.24) is 10.1 Å². The van der Waals surface area contributed by atoms with E-state index >= 15 is 0 Å². The molecule has 0 bridgehead atoms. The van der Waals surface area contributed by atoms with E-state index in [0.717, 1.165) is 42.4 Å². The van der Waals surface area contributed by atoms with E-state index in [4.69, 9.17) is 9.51 Å². The normalized spacial score (nSPS) is 15.8. The van der Waals surface area contributed by atoms with Crippen LogP contribution in [-0.4, -0.2) is 15.2 Å². The predicted octanol–water partition coefficient (Wildman–Crippen LogP) is 5.30. The van der Waals surface area contributed by atoms with Gasteiger partial charge in [0, 0.05) is 6.42 Å². The molecule has 30 heavy (non-hydrogen) atoms. The number of aromatic hydroxyl groups is 1. The molecule has 1 N–H and O–H groups in total. The van der Waals surface area contributed by atoms with Crippen molar-refractivity contribution in [2.24, 2.45) is 5.92 Å². The highest BCUT2D eigenvalue weighted by molar-refractivity contribution is 5.41. The van der Waals surface area contributed by atoms with Crippen molar-refractivity contribution in [3.05, 3.63) is 113 Å². The Hall–Kier alpha value is -3.40. The molecule has 0 fully saturated rings. The van der Waals surface area contributed by atoms with Crippen molar-refractivity contribution in [2.75, 3.05) is 0 Å². The molecule has 3 aromatic carbocycles. The fourth-order valence-electron chi connectivity index (χ4n) is 4.53. The van der Waals surface area contributed by atoms with Crippen LogP contribution in [0.3, 0.4) is 0 Å². The summed E-state index contributed by atoms with van der Waals surface area (Å²) >= 11 is 0. The smallest absolute Gasteiger partial charge is 0.226 e. The van der Waals surface area contributed by atoms with E-state index in [1.807, 2.05) is 42.5 Å². The molecule has 0 radical (unpaired) electrons. The zero-order chi connectivity index (χ0) is 20.3. The van der Waals surface area contributed by atoms with Gasteiger partial charge in [-0.3, -0.25) is 0 Å². The number of phenols is 1. The Balaban J connectivity index is 1.39. The summed E-state index contributed by atoms with van der Waals surface area (Å²) in [4.78, 5) is 4.80. The number of aromatic nitrogens is 2. The molecule has 4 heteroatoms. The van der Waals surface area contributed by atoms with Crippen LogP contribution in [0, 0.1) is 5.92 Å². The van der Waals surface area contributed by atoms with Gasteiger partial charge in [0.15, 0.2) is 5.82 Å². The quantitative estimate of drug-likeness (QED) is 0.497. The van der Waals surface area contributed by atoms with E-state index in [1.54, 1.807) is 6.07 Å². The Morgan fingerprint density at radius 1 is 0.900 bits per heavy atom. The zero-order valence-corrected chi connectivity index (χ0v) is 16.7. The van der Waals surface area contributed by atoms with Gasteiger partial charge in [0.05, 0.1) is 5.92 Å². The van der Waals surface area contributed by atoms with Crippen LogP contribution in [0.25, 0.3) is 0 Å². The van der Waals surface area contributed by atoms with Gasteiger partial charge in [-0.2, -0.15) is 4.98 Å². The summed E-state index contributed by atoms with van der Waals surface area (Å²) in [6.07, 6.45) is 3.61. The Morgan fingerprint density at radius 2 is 1.60 bits per heavy atom. The molecule has 1 aromatic heterocycles. The van der Waals surface area contributed by atoms with Crippen LogP contribution in [0.4, 0.5) is 0 Å². The van der Waals surface area contributed by atoms with Crippen LogP contribution >= 0.6 is 0 Å². The fraction of sp³-hybridized carbons (Fsp3) is 0.231. The minimum absolute atomic E-state index is 0.0473. The van der Waals surface area contributed by atoms with Crippen molar-refractivity contribution in [3.63, 3.8) is 0 Å². The highest BCUT2D eigenvalue weighted by atomic mass is 16.5. The van der Waals surface area contributed by atoms with Crippen LogP contribution in [0.2, 0.25) is 0 Å². The van der Waals surface area contributed by atoms with E-state index in [9.17, 15) is 5.11 Å². The topological polar surface area (TPSA) is 59.2 Å². The summed E-state index contributed by atoms with van der Waals surface area (Å²) in [7, 11) is 0. The highest BCUT2D eigenvalue weighted by Crippen LogP contribution is 2.34. The molecule has 0 aliphatic heterocycles. The lowest BCUT2D eigenvalue weighted by atomic mass is 9.82. The van der Waals surface area contributed by atoms with E-state index < -0.39 is 0 Å². The van der Waals surface area contributed by atoms with Gasteiger partial charge in [0.1, 0.15) is 5.75 Å². The van der Waals surface area contributed by atoms with E-state index in [2.05, 4.69) is 35.5 Å². The van der Waals surface area contributed by atoms with Gasteiger partial charge in [0.25, 0.3) is 0 Å². The zero-order valence-electron chi connectivity index (χ0n) is 16.7. The van der Waals surface area contributed by atoms with Crippen molar-refractivity contribution >= 4 is 0 Å². The molecule has 0 spiro atoms. The summed E-state index contributed by atoms with van der Waals surface area (Å²) in [5, 5.41) is 14.4. The van der Waals surface area contributed by atoms with Gasteiger partial charge in [-0.1, -0.05) is 78.0 Å². The van der Waals surface area contributed by atoms with Crippen LogP contribution in [0.1, 0.15) is 46.3 Å². The molecule has 0 saturated heterocycles. The largest absolute Gasteiger partial charge is 0.508 e. The first-order valence-corrected chi connectivity index (χ1v) is 10.5. The molecule has 1 aliphatic carbocycles. The number of benzene rings is 3. The van der Waals surface area contributed by atoms with Crippen molar-refractivity contribution in [1.29, 1.82) is 0 Å². The first kappa shape index (κ1) is 18.6. The van der Waals surface area contributed by atoms with Gasteiger partial charge in [-0.05, 0) is 53.5 Å². The molecule has 4 aromatic rings. The average Bonchev–Trinajstić information content (AvgIpc) is 3.23. The first-order valence-electron chi connectivity index (χ1n) is 10.5. The molecule has 1 atom stereocenters. The second-order valence-corrected chi connectivity index (χ2v) is 8.03. The summed E-state index contributed by atoms with van der Waals surface area (Å²) in [5.74, 6) is 2.21. The standard InChI is InChI=1S/C26H24N2O2/c29-23-13-7-12-21-16-18(14-15-22(21)23)17-24-27-26(28-30-24)25(19-8-3-1-4-9-19)20-10-5-2-6-11-20/h1-13,18,25,29H,14-17H2. The maximum atomic E-state index is 10.1. The minimum atomic E-state index is -0.0473. The molecule has 150 valence electrons. The fourth-order valence-corrected chi connectivity index (χ4v) is 4.53. The Kier molecular flexibility index (Phi) is 5.06. The minimum Gasteiger partial charge on any atom is -0.508 e. The van der Waals surface area contributed by atoms with Gasteiger partial charge in [0.2, 0.25) is 5.89 Å². The van der Waals surface area contributed by atoms with Gasteiger partial charge in [-0.15, -0.1) is 0 Å². The van der Waals surface area contributed by atoms with Gasteiger partial charge < -0.3 is 9.63 Å². The highest BCUT2D eigenvalue weighted by Gasteiger charge is 2.26. The lowest BCUT2D eigenvalue weighted by molar-refractivity contribution is 0.334. The summed E-state index contributed by atoms with van der Waals surface area (Å²) in [6.45, 7) is 0. The second-order valence-electron chi connectivity index (χ2n) is 8.03. The van der Waals surface area contributed by atoms with E-state index in [-0.39, 0.29) is 5.92 Å². The molecule has 5 rings (SSSR count). The molecule has 4 nitrogen and oxygen atoms in total. The number of phenolic OH excluding ortho intramolecular Hbond substituents is 1. The third-order valence-electron chi connectivity index (χ3n) is 6.03. The van der Waals surface area contributed by atoms with Crippen molar-refractivity contribution in [2.45, 2.75) is 31.6 Å². The average molecular weight is 396 g/mol. The predicted molar refractivity (Wildman–Crippen MR) is 115 cm³/mol. The molecular weight excluding hydrogens is 372 g/mol. The maximum Gasteiger partial charge on any atom is 0.226 e. The van der Waals surface area contributed by atoms with E-state index in [0.29, 0.717) is 23.4 Å². The second kappa shape index (κ2) is 8.15. The number of hydrogen-bond acceptors (Lipinski definition) is 4. The molecule has 1 aliphatic rings. The van der Waals surface area contributed by atoms with Crippen molar-refractivity contribution < 1.29 is 9.63 Å². The molecule has 0 saturated carbocycles. The number of fused-ring (bicyclic) bond motifs is 1. The van der Waals surface area contributed by atoms with Crippen LogP contribution in [0.5, 0.6) is 5.75 Å². The lowest BCUT2D eigenvalue weighted by Crippen LogP contribution is -2.16. The van der Waals surface area contributed by atoms with Crippen LogP contribution in [-0.2, 0) is 19.3 Å². The Labute approximate surface area is 176 Å². The number of hydrogen-bond donors (Lipinski definition) is 1. The monoisotopic (exact) mass is 396 g/mol. The molecule has 1 heterocycles. The maximum absolute atomic E-state index is 10.1. The molecule has 0 amide bonds. The summed E-state index contributed by atoms with van der Waals surface area (Å²) in [5.41, 5.74) is 4.63. The number of nitrogens with zero attached hydrogens (tertiary/aromatic N) is 2. The molecular formula is C26H24N2O2. The van der Waals surface area contributed by atoms with Crippen LogP contribution in [0.15, 0.2) is 83.4 Å². The molecule has 1 unspecified atom stereocenters.